The molecule has 0 aliphatic carbocycles. The van der Waals surface area contributed by atoms with Crippen LogP contribution in [-0.2, 0) is 4.74 Å². The van der Waals surface area contributed by atoms with Crippen LogP contribution in [0.3, 0.4) is 0 Å². The second-order valence-corrected chi connectivity index (χ2v) is 3.91. The molecule has 1 aromatic heterocycles. The number of anilines is 1. The van der Waals surface area contributed by atoms with Crippen LogP contribution >= 0.6 is 11.6 Å². The van der Waals surface area contributed by atoms with Gasteiger partial charge in [-0.15, -0.1) is 0 Å². The summed E-state index contributed by atoms with van der Waals surface area (Å²) in [6.07, 6.45) is 0. The minimum atomic E-state index is -0.152. The molecule has 94 valence electrons. The van der Waals surface area contributed by atoms with E-state index in [-0.39, 0.29) is 16.9 Å². The summed E-state index contributed by atoms with van der Waals surface area (Å²) in [4.78, 5) is 17.3. The van der Waals surface area contributed by atoms with E-state index in [1.807, 2.05) is 6.92 Å². The van der Waals surface area contributed by atoms with Crippen molar-refractivity contribution in [3.8, 4) is 0 Å². The first-order chi connectivity index (χ1) is 8.04. The average molecular weight is 258 g/mol. The highest BCUT2D eigenvalue weighted by molar-refractivity contribution is 6.29. The average Bonchev–Trinajstić information content (AvgIpc) is 2.27. The van der Waals surface area contributed by atoms with Gasteiger partial charge in [0.05, 0.1) is 6.61 Å². The molecule has 0 saturated heterocycles. The van der Waals surface area contributed by atoms with Crippen molar-refractivity contribution in [1.29, 1.82) is 0 Å². The second-order valence-electron chi connectivity index (χ2n) is 3.53. The zero-order chi connectivity index (χ0) is 12.8. The number of hydrogen-bond acceptors (Lipinski definition) is 4. The number of aromatic nitrogens is 1. The van der Waals surface area contributed by atoms with Crippen molar-refractivity contribution >= 4 is 23.3 Å². The minimum Gasteiger partial charge on any atom is -0.384 e. The molecule has 0 aliphatic rings. The van der Waals surface area contributed by atoms with Gasteiger partial charge in [-0.05, 0) is 19.1 Å². The monoisotopic (exact) mass is 257 g/mol. The SMILES string of the molecule is CCOCCN(C)C(=O)c1cc(N)nc(Cl)c1. The number of amides is 1. The molecule has 0 fully saturated rings. The summed E-state index contributed by atoms with van der Waals surface area (Å²) in [5, 5.41) is 0.214. The van der Waals surface area contributed by atoms with Gasteiger partial charge in [-0.25, -0.2) is 4.98 Å². The lowest BCUT2D eigenvalue weighted by Crippen LogP contribution is -2.30. The van der Waals surface area contributed by atoms with E-state index in [9.17, 15) is 4.79 Å². The Balaban J connectivity index is 2.68. The molecular weight excluding hydrogens is 242 g/mol. The molecule has 0 saturated carbocycles. The quantitative estimate of drug-likeness (QED) is 0.640. The molecule has 0 bridgehead atoms. The number of nitrogen functional groups attached to an aromatic ring is 1. The highest BCUT2D eigenvalue weighted by Gasteiger charge is 2.13. The van der Waals surface area contributed by atoms with Crippen LogP contribution in [0.15, 0.2) is 12.1 Å². The summed E-state index contributed by atoms with van der Waals surface area (Å²) in [7, 11) is 1.70. The van der Waals surface area contributed by atoms with Crippen LogP contribution in [0, 0.1) is 0 Å². The third kappa shape index (κ3) is 4.20. The Morgan fingerprint density at radius 3 is 2.88 bits per heavy atom. The van der Waals surface area contributed by atoms with Gasteiger partial charge in [0.15, 0.2) is 0 Å². The van der Waals surface area contributed by atoms with Gasteiger partial charge in [-0.1, -0.05) is 11.6 Å². The summed E-state index contributed by atoms with van der Waals surface area (Å²) in [6, 6.07) is 3.00. The third-order valence-corrected chi connectivity index (χ3v) is 2.38. The lowest BCUT2D eigenvalue weighted by atomic mass is 10.2. The lowest BCUT2D eigenvalue weighted by Gasteiger charge is -2.17. The number of nitrogens with two attached hydrogens (primary N) is 1. The van der Waals surface area contributed by atoms with Gasteiger partial charge in [0.2, 0.25) is 0 Å². The maximum absolute atomic E-state index is 12.0. The summed E-state index contributed by atoms with van der Waals surface area (Å²) in [6.45, 7) is 3.57. The summed E-state index contributed by atoms with van der Waals surface area (Å²) >= 11 is 5.74. The number of likely N-dealkylation sites (N-methyl/N-ethyl adjacent to an activating group) is 1. The maximum atomic E-state index is 12.0. The third-order valence-electron chi connectivity index (χ3n) is 2.18. The Labute approximate surface area is 106 Å². The van der Waals surface area contributed by atoms with E-state index in [4.69, 9.17) is 22.1 Å². The Morgan fingerprint density at radius 1 is 1.59 bits per heavy atom. The number of ether oxygens (including phenoxy) is 1. The molecule has 0 unspecified atom stereocenters. The molecule has 0 aliphatic heterocycles. The zero-order valence-electron chi connectivity index (χ0n) is 9.94. The van der Waals surface area contributed by atoms with Gasteiger partial charge in [0.25, 0.3) is 5.91 Å². The van der Waals surface area contributed by atoms with E-state index in [0.29, 0.717) is 25.3 Å². The molecule has 1 amide bonds. The normalized spacial score (nSPS) is 10.3. The van der Waals surface area contributed by atoms with Crippen LogP contribution in [0.5, 0.6) is 0 Å². The van der Waals surface area contributed by atoms with Crippen molar-refractivity contribution in [2.45, 2.75) is 6.92 Å². The van der Waals surface area contributed by atoms with Crippen molar-refractivity contribution in [2.24, 2.45) is 0 Å². The topological polar surface area (TPSA) is 68.5 Å². The van der Waals surface area contributed by atoms with Gasteiger partial charge in [-0.2, -0.15) is 0 Å². The predicted octanol–water partition coefficient (Wildman–Crippen LogP) is 1.43. The molecule has 17 heavy (non-hydrogen) atoms. The fraction of sp³-hybridized carbons (Fsp3) is 0.455. The van der Waals surface area contributed by atoms with Crippen molar-refractivity contribution in [1.82, 2.24) is 9.88 Å². The Morgan fingerprint density at radius 2 is 2.29 bits per heavy atom. The minimum absolute atomic E-state index is 0.152. The maximum Gasteiger partial charge on any atom is 0.253 e. The van der Waals surface area contributed by atoms with Crippen LogP contribution in [-0.4, -0.2) is 42.6 Å². The Hall–Kier alpha value is -1.33. The molecule has 0 aromatic carbocycles. The van der Waals surface area contributed by atoms with Gasteiger partial charge in [0, 0.05) is 25.8 Å². The van der Waals surface area contributed by atoms with Crippen LogP contribution in [0.1, 0.15) is 17.3 Å². The van der Waals surface area contributed by atoms with E-state index in [2.05, 4.69) is 4.98 Å². The number of nitrogens with zero attached hydrogens (tertiary/aromatic N) is 2. The first-order valence-corrected chi connectivity index (χ1v) is 5.68. The van der Waals surface area contributed by atoms with E-state index in [0.717, 1.165) is 0 Å². The standard InChI is InChI=1S/C11H16ClN3O2/c1-3-17-5-4-15(2)11(16)8-6-9(12)14-10(13)7-8/h6-7H,3-5H2,1-2H3,(H2,13,14). The smallest absolute Gasteiger partial charge is 0.253 e. The number of rotatable bonds is 5. The Bertz CT molecular complexity index is 378. The molecule has 1 heterocycles. The molecule has 1 rings (SSSR count). The van der Waals surface area contributed by atoms with Gasteiger partial charge in [0.1, 0.15) is 11.0 Å². The summed E-state index contributed by atoms with van der Waals surface area (Å²) in [5.74, 6) is 0.0831. The van der Waals surface area contributed by atoms with Crippen LogP contribution < -0.4 is 5.73 Å². The molecule has 6 heteroatoms. The van der Waals surface area contributed by atoms with E-state index in [1.54, 1.807) is 11.9 Å². The van der Waals surface area contributed by atoms with E-state index < -0.39 is 0 Å². The van der Waals surface area contributed by atoms with Crippen LogP contribution in [0.2, 0.25) is 5.15 Å². The lowest BCUT2D eigenvalue weighted by molar-refractivity contribution is 0.0710. The largest absolute Gasteiger partial charge is 0.384 e. The molecule has 0 spiro atoms. The van der Waals surface area contributed by atoms with Crippen molar-refractivity contribution in [3.05, 3.63) is 22.8 Å². The van der Waals surface area contributed by atoms with Crippen LogP contribution in [0.4, 0.5) is 5.82 Å². The zero-order valence-corrected chi connectivity index (χ0v) is 10.7. The molecule has 0 radical (unpaired) electrons. The van der Waals surface area contributed by atoms with Gasteiger partial charge >= 0.3 is 0 Å². The van der Waals surface area contributed by atoms with Crippen LogP contribution in [0.25, 0.3) is 0 Å². The van der Waals surface area contributed by atoms with E-state index in [1.165, 1.54) is 12.1 Å². The highest BCUT2D eigenvalue weighted by atomic mass is 35.5. The Kier molecular flexibility index (Phi) is 5.18. The number of halogens is 1. The number of hydrogen-bond donors (Lipinski definition) is 1. The number of pyridine rings is 1. The first-order valence-electron chi connectivity index (χ1n) is 5.31. The van der Waals surface area contributed by atoms with Crippen molar-refractivity contribution in [3.63, 3.8) is 0 Å². The summed E-state index contributed by atoms with van der Waals surface area (Å²) in [5.41, 5.74) is 5.96. The predicted molar refractivity (Wildman–Crippen MR) is 67.1 cm³/mol. The fourth-order valence-electron chi connectivity index (χ4n) is 1.31. The second kappa shape index (κ2) is 6.42. The fourth-order valence-corrected chi connectivity index (χ4v) is 1.52. The number of carbonyl (C=O) groups is 1. The van der Waals surface area contributed by atoms with Crippen molar-refractivity contribution < 1.29 is 9.53 Å². The molecule has 0 atom stereocenters. The van der Waals surface area contributed by atoms with Crippen molar-refractivity contribution in [2.75, 3.05) is 32.5 Å². The molecule has 1 aromatic rings. The van der Waals surface area contributed by atoms with E-state index >= 15 is 0 Å². The van der Waals surface area contributed by atoms with Gasteiger partial charge < -0.3 is 15.4 Å². The highest BCUT2D eigenvalue weighted by Crippen LogP contribution is 2.13. The molecule has 5 nitrogen and oxygen atoms in total. The molecule has 2 N–H and O–H groups in total. The van der Waals surface area contributed by atoms with Gasteiger partial charge in [-0.3, -0.25) is 4.79 Å². The summed E-state index contributed by atoms with van der Waals surface area (Å²) < 4.78 is 5.18. The number of carbonyl (C=O) groups excluding carboxylic acids is 1. The molecular formula is C11H16ClN3O2. The first kappa shape index (κ1) is 13.7.